The van der Waals surface area contributed by atoms with Gasteiger partial charge in [-0.3, -0.25) is 9.59 Å². The van der Waals surface area contributed by atoms with Crippen molar-refractivity contribution in [3.63, 3.8) is 0 Å². The number of benzene rings is 3. The largest absolute Gasteiger partial charge is 0.368 e. The number of halogens is 1. The van der Waals surface area contributed by atoms with Crippen LogP contribution in [0.4, 0.5) is 0 Å². The standard InChI is InChI=1S/C32H26ClN5O2S/c1-37-19-35-17-27(37)29(32(33,31(34)40)22-11-7-4-8-12-22)21-13-14-26-23(15-21)24(16-28(39)38(26)2)30-36-25(18-41-30)20-9-5-3-6-10-20/h3-19,29H,1-2H3,(H2,34,40). The van der Waals surface area contributed by atoms with Crippen LogP contribution in [0.15, 0.2) is 108 Å². The van der Waals surface area contributed by atoms with Gasteiger partial charge < -0.3 is 14.9 Å². The van der Waals surface area contributed by atoms with Crippen LogP contribution in [0.5, 0.6) is 0 Å². The van der Waals surface area contributed by atoms with Gasteiger partial charge in [-0.25, -0.2) is 9.97 Å². The van der Waals surface area contributed by atoms with E-state index in [1.54, 1.807) is 42.3 Å². The Hall–Kier alpha value is -4.53. The molecular weight excluding hydrogens is 554 g/mol. The fraction of sp³-hybridized carbons (Fsp3) is 0.125. The number of carbonyl (C=O) groups is 1. The van der Waals surface area contributed by atoms with Gasteiger partial charge in [-0.15, -0.1) is 22.9 Å². The van der Waals surface area contributed by atoms with E-state index in [4.69, 9.17) is 22.3 Å². The number of hydrogen-bond acceptors (Lipinski definition) is 5. The van der Waals surface area contributed by atoms with Gasteiger partial charge >= 0.3 is 0 Å². The second-order valence-electron chi connectivity index (χ2n) is 9.94. The summed E-state index contributed by atoms with van der Waals surface area (Å²) in [7, 11) is 3.60. The van der Waals surface area contributed by atoms with E-state index in [0.29, 0.717) is 16.8 Å². The van der Waals surface area contributed by atoms with Crippen LogP contribution in [-0.2, 0) is 23.8 Å². The lowest BCUT2D eigenvalue weighted by Crippen LogP contribution is -2.42. The second kappa shape index (κ2) is 10.5. The summed E-state index contributed by atoms with van der Waals surface area (Å²) in [6.45, 7) is 0. The predicted molar refractivity (Wildman–Crippen MR) is 164 cm³/mol. The minimum absolute atomic E-state index is 0.145. The van der Waals surface area contributed by atoms with Crippen molar-refractivity contribution in [1.82, 2.24) is 19.1 Å². The number of fused-ring (bicyclic) bond motifs is 1. The average Bonchev–Trinajstić information content (AvgIpc) is 3.65. The number of imidazole rings is 1. The molecule has 3 heterocycles. The molecule has 0 aliphatic carbocycles. The summed E-state index contributed by atoms with van der Waals surface area (Å²) < 4.78 is 3.44. The highest BCUT2D eigenvalue weighted by atomic mass is 35.5. The van der Waals surface area contributed by atoms with E-state index in [9.17, 15) is 9.59 Å². The molecule has 0 saturated heterocycles. The van der Waals surface area contributed by atoms with Crippen molar-refractivity contribution in [3.05, 3.63) is 130 Å². The average molecular weight is 580 g/mol. The number of carbonyl (C=O) groups excluding carboxylic acids is 1. The molecule has 2 atom stereocenters. The monoisotopic (exact) mass is 579 g/mol. The number of rotatable bonds is 7. The molecule has 3 aromatic carbocycles. The number of nitrogens with two attached hydrogens (primary N) is 1. The van der Waals surface area contributed by atoms with Gasteiger partial charge in [0.2, 0.25) is 5.91 Å². The smallest absolute Gasteiger partial charge is 0.251 e. The third-order valence-corrected chi connectivity index (χ3v) is 9.01. The fourth-order valence-corrected chi connectivity index (χ4v) is 6.58. The summed E-state index contributed by atoms with van der Waals surface area (Å²) in [5.41, 5.74) is 11.2. The maximum atomic E-state index is 13.2. The molecule has 0 radical (unpaired) electrons. The minimum Gasteiger partial charge on any atom is -0.368 e. The summed E-state index contributed by atoms with van der Waals surface area (Å²) in [6, 6.07) is 26.4. The van der Waals surface area contributed by atoms with Crippen LogP contribution >= 0.6 is 22.9 Å². The molecule has 41 heavy (non-hydrogen) atoms. The number of nitrogens with zero attached hydrogens (tertiary/aromatic N) is 4. The molecule has 9 heteroatoms. The minimum atomic E-state index is -1.62. The van der Waals surface area contributed by atoms with Crippen LogP contribution in [0.25, 0.3) is 32.7 Å². The third kappa shape index (κ3) is 4.55. The highest BCUT2D eigenvalue weighted by Gasteiger charge is 2.47. The maximum absolute atomic E-state index is 13.2. The Morgan fingerprint density at radius 2 is 1.71 bits per heavy atom. The van der Waals surface area contributed by atoms with Crippen molar-refractivity contribution >= 4 is 39.7 Å². The Morgan fingerprint density at radius 1 is 1.00 bits per heavy atom. The predicted octanol–water partition coefficient (Wildman–Crippen LogP) is 5.81. The molecule has 0 aliphatic heterocycles. The number of hydrogen-bond donors (Lipinski definition) is 1. The summed E-state index contributed by atoms with van der Waals surface area (Å²) in [6.07, 6.45) is 3.37. The first-order valence-corrected chi connectivity index (χ1v) is 14.2. The van der Waals surface area contributed by atoms with E-state index in [0.717, 1.165) is 32.7 Å². The highest BCUT2D eigenvalue weighted by Crippen LogP contribution is 2.47. The van der Waals surface area contributed by atoms with Crippen LogP contribution in [-0.4, -0.2) is 25.0 Å². The molecule has 0 aliphatic rings. The molecule has 3 aromatic heterocycles. The van der Waals surface area contributed by atoms with Gasteiger partial charge in [0, 0.05) is 53.9 Å². The second-order valence-corrected chi connectivity index (χ2v) is 11.4. The molecule has 6 rings (SSSR count). The van der Waals surface area contributed by atoms with Gasteiger partial charge in [0.05, 0.1) is 23.5 Å². The topological polar surface area (TPSA) is 95.8 Å². The van der Waals surface area contributed by atoms with Crippen molar-refractivity contribution in [2.45, 2.75) is 10.8 Å². The van der Waals surface area contributed by atoms with E-state index < -0.39 is 16.7 Å². The van der Waals surface area contributed by atoms with Crippen LogP contribution in [0.2, 0.25) is 0 Å². The molecule has 1 amide bonds. The van der Waals surface area contributed by atoms with Gasteiger partial charge in [-0.1, -0.05) is 66.7 Å². The Balaban J connectivity index is 1.60. The van der Waals surface area contributed by atoms with E-state index in [-0.39, 0.29) is 5.56 Å². The Morgan fingerprint density at radius 3 is 2.37 bits per heavy atom. The van der Waals surface area contributed by atoms with Gasteiger partial charge in [-0.2, -0.15) is 0 Å². The van der Waals surface area contributed by atoms with Crippen molar-refractivity contribution in [1.29, 1.82) is 0 Å². The first kappa shape index (κ1) is 26.7. The molecule has 0 bridgehead atoms. The van der Waals surface area contributed by atoms with Crippen molar-refractivity contribution < 1.29 is 4.79 Å². The number of aromatic nitrogens is 4. The highest BCUT2D eigenvalue weighted by molar-refractivity contribution is 7.13. The van der Waals surface area contributed by atoms with Crippen molar-refractivity contribution in [2.24, 2.45) is 19.8 Å². The van der Waals surface area contributed by atoms with Crippen LogP contribution in [0.1, 0.15) is 22.7 Å². The Kier molecular flexibility index (Phi) is 6.81. The molecule has 204 valence electrons. The van der Waals surface area contributed by atoms with Crippen LogP contribution < -0.4 is 11.3 Å². The lowest BCUT2D eigenvalue weighted by atomic mass is 9.77. The zero-order valence-electron chi connectivity index (χ0n) is 22.4. The molecule has 0 saturated carbocycles. The van der Waals surface area contributed by atoms with Crippen LogP contribution in [0, 0.1) is 0 Å². The van der Waals surface area contributed by atoms with E-state index >= 15 is 0 Å². The normalized spacial score (nSPS) is 13.6. The molecule has 7 nitrogen and oxygen atoms in total. The number of aryl methyl sites for hydroxylation is 2. The number of alkyl halides is 1. The maximum Gasteiger partial charge on any atom is 0.251 e. The molecular formula is C32H26ClN5O2S. The van der Waals surface area contributed by atoms with Gasteiger partial charge in [0.25, 0.3) is 5.56 Å². The lowest BCUT2D eigenvalue weighted by molar-refractivity contribution is -0.121. The SMILES string of the molecule is Cn1cncc1C(c1ccc2c(c1)c(-c1nc(-c3ccccc3)cs1)cc(=O)n2C)C(Cl)(C(N)=O)c1ccccc1. The first-order chi connectivity index (χ1) is 19.8. The van der Waals surface area contributed by atoms with Crippen molar-refractivity contribution in [3.8, 4) is 21.8 Å². The zero-order chi connectivity index (χ0) is 28.7. The number of thiazole rings is 1. The summed E-state index contributed by atoms with van der Waals surface area (Å²) in [5.74, 6) is -1.37. The van der Waals surface area contributed by atoms with E-state index in [2.05, 4.69) is 4.98 Å². The number of primary amides is 1. The third-order valence-electron chi connectivity index (χ3n) is 7.51. The quantitative estimate of drug-likeness (QED) is 0.241. The summed E-state index contributed by atoms with van der Waals surface area (Å²) in [4.78, 5) is 33.9. The summed E-state index contributed by atoms with van der Waals surface area (Å²) >= 11 is 8.79. The summed E-state index contributed by atoms with van der Waals surface area (Å²) in [5, 5.41) is 3.51. The van der Waals surface area contributed by atoms with E-state index in [1.165, 1.54) is 11.3 Å². The van der Waals surface area contributed by atoms with Gasteiger partial charge in [-0.05, 0) is 23.3 Å². The van der Waals surface area contributed by atoms with Gasteiger partial charge in [0.15, 0.2) is 4.87 Å². The Bertz CT molecular complexity index is 1950. The Labute approximate surface area is 245 Å². The number of amides is 1. The molecule has 2 unspecified atom stereocenters. The molecule has 0 spiro atoms. The lowest BCUT2D eigenvalue weighted by Gasteiger charge is -2.34. The van der Waals surface area contributed by atoms with E-state index in [1.807, 2.05) is 83.7 Å². The van der Waals surface area contributed by atoms with Crippen molar-refractivity contribution in [2.75, 3.05) is 0 Å². The molecule has 0 fully saturated rings. The fourth-order valence-electron chi connectivity index (χ4n) is 5.36. The van der Waals surface area contributed by atoms with Gasteiger partial charge in [0.1, 0.15) is 5.01 Å². The first-order valence-electron chi connectivity index (χ1n) is 12.9. The zero-order valence-corrected chi connectivity index (χ0v) is 23.9. The van der Waals surface area contributed by atoms with Crippen LogP contribution in [0.3, 0.4) is 0 Å². The number of pyridine rings is 1. The molecule has 6 aromatic rings. The molecule has 2 N–H and O–H groups in total.